The number of carboxylic acids is 1. The van der Waals surface area contributed by atoms with Crippen molar-refractivity contribution in [1.82, 2.24) is 34.9 Å². The maximum absolute atomic E-state index is 13.0. The molecule has 0 aliphatic carbocycles. The highest BCUT2D eigenvalue weighted by Gasteiger charge is 2.64. The van der Waals surface area contributed by atoms with Crippen molar-refractivity contribution in [1.29, 1.82) is 0 Å². The molecule has 250 valence electrons. The highest BCUT2D eigenvalue weighted by atomic mass is 35.5. The van der Waals surface area contributed by atoms with Crippen molar-refractivity contribution in [2.45, 2.75) is 55.8 Å². The van der Waals surface area contributed by atoms with Gasteiger partial charge in [0.1, 0.15) is 47.3 Å². The molecule has 2 aliphatic heterocycles. The van der Waals surface area contributed by atoms with Crippen molar-refractivity contribution in [3.05, 3.63) is 57.3 Å². The predicted octanol–water partition coefficient (Wildman–Crippen LogP) is 0.578. The van der Waals surface area contributed by atoms with Crippen LogP contribution in [0.1, 0.15) is 30.0 Å². The Kier molecular flexibility index (Phi) is 9.60. The molecule has 17 nitrogen and oxygen atoms in total. The van der Waals surface area contributed by atoms with E-state index < -0.39 is 51.7 Å². The average Bonchev–Trinajstić information content (AvgIpc) is 3.68. The maximum Gasteiger partial charge on any atom is 0.327 e. The Morgan fingerprint density at radius 1 is 1.26 bits per heavy atom. The molecule has 6 rings (SSSR count). The molecular weight excluding hydrogens is 660 g/mol. The summed E-state index contributed by atoms with van der Waals surface area (Å²) in [6, 6.07) is 5.18. The second kappa shape index (κ2) is 13.3. The van der Waals surface area contributed by atoms with Gasteiger partial charge in [-0.2, -0.15) is 4.98 Å². The molecule has 2 fully saturated rings. The number of benzene rings is 1. The Labute approximate surface area is 275 Å². The van der Waals surface area contributed by atoms with Crippen LogP contribution in [0.25, 0.3) is 22.4 Å². The number of aliphatic hydroxyl groups excluding tert-OH is 2. The number of fused-ring (bicyclic) bond motifs is 2. The number of nitrogens with two attached hydrogens (primary N) is 1. The minimum Gasteiger partial charge on any atom is -0.480 e. The second-order valence-electron chi connectivity index (χ2n) is 11.1. The number of carbonyl (C=O) groups excluding carboxylic acids is 2. The number of β-lactam (4-membered cyclic amide) rings is 1. The molecule has 3 atom stereocenters. The molecule has 5 heterocycles. The topological polar surface area (TPSA) is 252 Å². The lowest BCUT2D eigenvalue weighted by molar-refractivity contribution is -0.159. The van der Waals surface area contributed by atoms with Crippen LogP contribution in [0, 0.1) is 6.92 Å². The van der Waals surface area contributed by atoms with Gasteiger partial charge in [-0.15, -0.1) is 11.8 Å². The Hall–Kier alpha value is -4.49. The number of aliphatic hydroxyl groups is 2. The monoisotopic (exact) mass is 690 g/mol. The Bertz CT molecular complexity index is 1890. The number of ether oxygens (including phenoxy) is 1. The Balaban J connectivity index is 0.000000207. The van der Waals surface area contributed by atoms with Crippen LogP contribution in [0.2, 0.25) is 5.02 Å². The largest absolute Gasteiger partial charge is 0.480 e. The van der Waals surface area contributed by atoms with E-state index in [-0.39, 0.29) is 48.3 Å². The summed E-state index contributed by atoms with van der Waals surface area (Å²) in [5, 5.41) is 33.9. The lowest BCUT2D eigenvalue weighted by Crippen LogP contribution is -2.70. The fraction of sp³-hybridized carbons (Fsp3) is 0.393. The molecule has 4 aromatic rings. The Morgan fingerprint density at radius 3 is 2.62 bits per heavy atom. The number of amides is 2. The molecule has 2 amide bonds. The van der Waals surface area contributed by atoms with E-state index in [4.69, 9.17) is 36.8 Å². The maximum atomic E-state index is 13.0. The van der Waals surface area contributed by atoms with Gasteiger partial charge in [-0.05, 0) is 26.8 Å². The first-order chi connectivity index (χ1) is 22.3. The number of aryl methyl sites for hydroxylation is 1. The van der Waals surface area contributed by atoms with E-state index in [1.165, 1.54) is 27.6 Å². The van der Waals surface area contributed by atoms with E-state index in [0.717, 1.165) is 0 Å². The van der Waals surface area contributed by atoms with Gasteiger partial charge in [0.2, 0.25) is 11.9 Å². The first-order valence-corrected chi connectivity index (χ1v) is 15.3. The number of aliphatic carboxylic acids is 1. The number of thioether (sulfide) groups is 1. The molecule has 7 N–H and O–H groups in total. The summed E-state index contributed by atoms with van der Waals surface area (Å²) in [7, 11) is 0. The third-order valence-corrected chi connectivity index (χ3v) is 9.43. The number of aromatic amines is 1. The molecule has 19 heteroatoms. The first-order valence-electron chi connectivity index (χ1n) is 14.1. The quantitative estimate of drug-likeness (QED) is 0.131. The summed E-state index contributed by atoms with van der Waals surface area (Å²) < 4.78 is 11.2. The zero-order valence-electron chi connectivity index (χ0n) is 25.2. The van der Waals surface area contributed by atoms with E-state index in [1.807, 2.05) is 0 Å². The van der Waals surface area contributed by atoms with Gasteiger partial charge < -0.3 is 40.5 Å². The number of carboxylic acid groups (broad SMARTS) is 1. The fourth-order valence-electron chi connectivity index (χ4n) is 5.25. The van der Waals surface area contributed by atoms with Crippen molar-refractivity contribution in [3.63, 3.8) is 0 Å². The lowest BCUT2D eigenvalue weighted by atomic mass is 9.95. The summed E-state index contributed by atoms with van der Waals surface area (Å²) >= 11 is 7.59. The van der Waals surface area contributed by atoms with Crippen LogP contribution in [0.4, 0.5) is 5.95 Å². The number of halogens is 1. The van der Waals surface area contributed by atoms with Crippen LogP contribution in [-0.4, -0.2) is 104 Å². The standard InChI is InChI=1S/C19H18ClN3O5S.C9H13N5O4/c1-8-11(12(22-28-8)9-6-4-5-7-10(9)20)15(24)21-13-16(25)23-14(18(26)27)19(2,3)29-17(13)23;10-9-12-7-6(8(17)13-9)11-3-14(7)4-18-5(1-15)2-16/h4-7,13-14,17H,1-3H3,(H,21,24)(H,26,27);3,5,15-16H,1-2,4H2,(H3,10,12,13,17)/t13-,14+,17-;/m1./s1. The minimum atomic E-state index is -1.06. The van der Waals surface area contributed by atoms with E-state index in [1.54, 1.807) is 45.0 Å². The SMILES string of the molecule is Cc1onc(-c2ccccc2Cl)c1C(=O)N[C@@H]1C(=O)N2[C@@H]1SC(C)(C)[C@@H]2C(=O)O.Nc1nc2c(ncn2COC(CO)CO)c(=O)[nH]1. The zero-order chi connectivity index (χ0) is 34.2. The average molecular weight is 691 g/mol. The number of hydrogen-bond donors (Lipinski definition) is 6. The molecule has 0 spiro atoms. The smallest absolute Gasteiger partial charge is 0.327 e. The third-order valence-electron chi connectivity index (χ3n) is 7.53. The zero-order valence-corrected chi connectivity index (χ0v) is 26.8. The molecule has 47 heavy (non-hydrogen) atoms. The lowest BCUT2D eigenvalue weighted by Gasteiger charge is -2.43. The number of rotatable bonds is 9. The summed E-state index contributed by atoms with van der Waals surface area (Å²) in [5.41, 5.74) is 6.46. The molecule has 1 aromatic carbocycles. The van der Waals surface area contributed by atoms with Crippen molar-refractivity contribution in [2.75, 3.05) is 18.9 Å². The Morgan fingerprint density at radius 2 is 1.96 bits per heavy atom. The molecule has 0 saturated carbocycles. The number of nitrogen functional groups attached to an aromatic ring is 1. The van der Waals surface area contributed by atoms with Crippen LogP contribution in [-0.2, 0) is 21.1 Å². The van der Waals surface area contributed by atoms with Crippen LogP contribution in [0.3, 0.4) is 0 Å². The number of nitrogens with one attached hydrogen (secondary N) is 2. The number of imidazole rings is 1. The molecule has 2 saturated heterocycles. The molecule has 0 unspecified atom stereocenters. The summed E-state index contributed by atoms with van der Waals surface area (Å²) in [6.07, 6.45) is 0.680. The molecular formula is C28H31ClN8O9S. The first kappa shape index (κ1) is 33.9. The minimum absolute atomic E-state index is 0.00181. The van der Waals surface area contributed by atoms with Crippen LogP contribution in [0.15, 0.2) is 39.9 Å². The number of anilines is 1. The van der Waals surface area contributed by atoms with Crippen LogP contribution < -0.4 is 16.6 Å². The highest BCUT2D eigenvalue weighted by molar-refractivity contribution is 8.01. The number of carbonyl (C=O) groups is 3. The van der Waals surface area contributed by atoms with Gasteiger partial charge in [0.25, 0.3) is 11.5 Å². The van der Waals surface area contributed by atoms with Crippen molar-refractivity contribution in [2.24, 2.45) is 0 Å². The fourth-order valence-corrected chi connectivity index (χ4v) is 7.10. The van der Waals surface area contributed by atoms with Gasteiger partial charge >= 0.3 is 5.97 Å². The van der Waals surface area contributed by atoms with E-state index in [2.05, 4.69) is 25.4 Å². The predicted molar refractivity (Wildman–Crippen MR) is 168 cm³/mol. The molecule has 2 aliphatic rings. The van der Waals surface area contributed by atoms with Gasteiger partial charge in [-0.25, -0.2) is 9.78 Å². The normalized spacial score (nSPS) is 19.7. The number of hydrogen-bond acceptors (Lipinski definition) is 13. The summed E-state index contributed by atoms with van der Waals surface area (Å²) in [6.45, 7) is 4.54. The molecule has 3 aromatic heterocycles. The third kappa shape index (κ3) is 6.41. The summed E-state index contributed by atoms with van der Waals surface area (Å²) in [4.78, 5) is 60.2. The van der Waals surface area contributed by atoms with Crippen LogP contribution in [0.5, 0.6) is 0 Å². The van der Waals surface area contributed by atoms with Crippen molar-refractivity contribution >= 4 is 58.3 Å². The van der Waals surface area contributed by atoms with E-state index in [0.29, 0.717) is 16.3 Å². The number of H-pyrrole nitrogens is 1. The highest BCUT2D eigenvalue weighted by Crippen LogP contribution is 2.50. The van der Waals surface area contributed by atoms with Gasteiger partial charge in [0.15, 0.2) is 11.2 Å². The van der Waals surface area contributed by atoms with Crippen molar-refractivity contribution in [3.8, 4) is 11.3 Å². The van der Waals surface area contributed by atoms with E-state index >= 15 is 0 Å². The number of aromatic nitrogens is 5. The van der Waals surface area contributed by atoms with Gasteiger partial charge in [0, 0.05) is 10.3 Å². The van der Waals surface area contributed by atoms with Gasteiger partial charge in [-0.3, -0.25) is 23.9 Å². The van der Waals surface area contributed by atoms with Crippen LogP contribution >= 0.6 is 23.4 Å². The molecule has 0 radical (unpaired) electrons. The van der Waals surface area contributed by atoms with Gasteiger partial charge in [-0.1, -0.05) is 35.0 Å². The summed E-state index contributed by atoms with van der Waals surface area (Å²) in [5.74, 6) is -1.71. The molecule has 0 bridgehead atoms. The van der Waals surface area contributed by atoms with Gasteiger partial charge in [0.05, 0.1) is 24.6 Å². The number of nitrogens with zero attached hydrogens (tertiary/aromatic N) is 5. The van der Waals surface area contributed by atoms with Crippen molar-refractivity contribution < 1.29 is 39.0 Å². The van der Waals surface area contributed by atoms with E-state index in [9.17, 15) is 24.3 Å². The second-order valence-corrected chi connectivity index (χ2v) is 13.3.